The van der Waals surface area contributed by atoms with Gasteiger partial charge in [0, 0.05) is 18.0 Å². The van der Waals surface area contributed by atoms with E-state index in [-0.39, 0.29) is 5.75 Å². The van der Waals surface area contributed by atoms with E-state index in [1.165, 1.54) is 13.4 Å². The predicted octanol–water partition coefficient (Wildman–Crippen LogP) is 0.822. The van der Waals surface area contributed by atoms with Gasteiger partial charge in [0.05, 0.1) is 12.9 Å². The summed E-state index contributed by atoms with van der Waals surface area (Å²) in [5.74, 6) is 0.586. The van der Waals surface area contributed by atoms with Crippen LogP contribution in [0.5, 0.6) is 5.75 Å². The first-order valence-corrected chi connectivity index (χ1v) is 6.08. The molecule has 0 aromatic heterocycles. The summed E-state index contributed by atoms with van der Waals surface area (Å²) in [5, 5.41) is 0. The lowest BCUT2D eigenvalue weighted by Crippen LogP contribution is -2.04. The Bertz CT molecular complexity index is 426. The Labute approximate surface area is 83.6 Å². The number of hydrogen-bond donors (Lipinski definition) is 1. The van der Waals surface area contributed by atoms with Crippen molar-refractivity contribution >= 4 is 15.5 Å². The summed E-state index contributed by atoms with van der Waals surface area (Å²) in [5.41, 5.74) is 6.70. The third-order valence-electron chi connectivity index (χ3n) is 1.77. The number of methoxy groups -OCH3 is 1. The quantitative estimate of drug-likeness (QED) is 0.758. The Hall–Kier alpha value is -1.23. The number of rotatable bonds is 3. The van der Waals surface area contributed by atoms with E-state index >= 15 is 0 Å². The maximum absolute atomic E-state index is 11.0. The molecule has 0 saturated heterocycles. The lowest BCUT2D eigenvalue weighted by atomic mass is 10.2. The van der Waals surface area contributed by atoms with Crippen molar-refractivity contribution in [3.05, 3.63) is 23.8 Å². The highest BCUT2D eigenvalue weighted by molar-refractivity contribution is 7.89. The van der Waals surface area contributed by atoms with E-state index in [4.69, 9.17) is 10.5 Å². The van der Waals surface area contributed by atoms with Crippen LogP contribution in [0.2, 0.25) is 0 Å². The van der Waals surface area contributed by atoms with Gasteiger partial charge >= 0.3 is 0 Å². The molecule has 1 aromatic carbocycles. The third-order valence-corrected chi connectivity index (χ3v) is 2.61. The number of benzene rings is 1. The second kappa shape index (κ2) is 3.88. The third kappa shape index (κ3) is 2.92. The van der Waals surface area contributed by atoms with Gasteiger partial charge in [-0.1, -0.05) is 6.07 Å². The van der Waals surface area contributed by atoms with Gasteiger partial charge in [-0.15, -0.1) is 0 Å². The average Bonchev–Trinajstić information content (AvgIpc) is 2.06. The van der Waals surface area contributed by atoms with Gasteiger partial charge in [0.1, 0.15) is 5.75 Å². The minimum Gasteiger partial charge on any atom is -0.497 e. The Balaban J connectivity index is 3.01. The molecule has 0 spiro atoms. The summed E-state index contributed by atoms with van der Waals surface area (Å²) < 4.78 is 27.0. The number of nitrogens with two attached hydrogens (primary N) is 1. The van der Waals surface area contributed by atoms with Gasteiger partial charge in [-0.2, -0.15) is 0 Å². The maximum Gasteiger partial charge on any atom is 0.151 e. The van der Waals surface area contributed by atoms with Crippen LogP contribution in [0.1, 0.15) is 5.56 Å². The maximum atomic E-state index is 11.0. The zero-order chi connectivity index (χ0) is 10.8. The van der Waals surface area contributed by atoms with Gasteiger partial charge in [-0.05, 0) is 11.6 Å². The molecule has 0 bridgehead atoms. The van der Waals surface area contributed by atoms with E-state index in [9.17, 15) is 8.42 Å². The zero-order valence-corrected chi connectivity index (χ0v) is 8.97. The molecular formula is C9H13NO3S. The summed E-state index contributed by atoms with van der Waals surface area (Å²) in [6, 6.07) is 4.96. The van der Waals surface area contributed by atoms with Crippen LogP contribution in [0, 0.1) is 0 Å². The molecule has 1 aromatic rings. The highest BCUT2D eigenvalue weighted by atomic mass is 32.2. The number of anilines is 1. The Morgan fingerprint density at radius 2 is 2.07 bits per heavy atom. The zero-order valence-electron chi connectivity index (χ0n) is 8.15. The monoisotopic (exact) mass is 215 g/mol. The lowest BCUT2D eigenvalue weighted by molar-refractivity contribution is 0.415. The largest absolute Gasteiger partial charge is 0.497 e. The summed E-state index contributed by atoms with van der Waals surface area (Å²) >= 11 is 0. The first-order chi connectivity index (χ1) is 6.42. The number of ether oxygens (including phenoxy) is 1. The average molecular weight is 215 g/mol. The van der Waals surface area contributed by atoms with Gasteiger partial charge < -0.3 is 10.5 Å². The minimum absolute atomic E-state index is 0.0389. The van der Waals surface area contributed by atoms with Crippen molar-refractivity contribution in [2.75, 3.05) is 19.1 Å². The molecule has 78 valence electrons. The molecule has 0 amide bonds. The van der Waals surface area contributed by atoms with Crippen LogP contribution in [0.15, 0.2) is 18.2 Å². The highest BCUT2D eigenvalue weighted by Crippen LogP contribution is 2.20. The summed E-state index contributed by atoms with van der Waals surface area (Å²) in [6.45, 7) is 0. The van der Waals surface area contributed by atoms with Crippen molar-refractivity contribution in [3.63, 3.8) is 0 Å². The molecule has 1 rings (SSSR count). The number of hydrogen-bond acceptors (Lipinski definition) is 4. The van der Waals surface area contributed by atoms with Crippen LogP contribution in [-0.2, 0) is 15.6 Å². The molecule has 0 aliphatic rings. The van der Waals surface area contributed by atoms with Crippen LogP contribution in [0.4, 0.5) is 5.69 Å². The van der Waals surface area contributed by atoms with E-state index in [0.717, 1.165) is 0 Å². The molecule has 5 heteroatoms. The smallest absolute Gasteiger partial charge is 0.151 e. The fourth-order valence-corrected chi connectivity index (χ4v) is 1.94. The summed E-state index contributed by atoms with van der Waals surface area (Å²) in [6.07, 6.45) is 1.18. The molecule has 0 atom stereocenters. The van der Waals surface area contributed by atoms with E-state index < -0.39 is 9.84 Å². The van der Waals surface area contributed by atoms with Crippen molar-refractivity contribution in [2.45, 2.75) is 5.75 Å². The molecule has 0 heterocycles. The predicted molar refractivity (Wildman–Crippen MR) is 56.0 cm³/mol. The Morgan fingerprint density at radius 3 is 2.50 bits per heavy atom. The summed E-state index contributed by atoms with van der Waals surface area (Å²) in [7, 11) is -1.51. The molecule has 0 radical (unpaired) electrons. The Morgan fingerprint density at radius 1 is 1.43 bits per heavy atom. The second-order valence-corrected chi connectivity index (χ2v) is 5.28. The molecular weight excluding hydrogens is 202 g/mol. The SMILES string of the molecule is COc1ccc(CS(C)(=O)=O)c(N)c1. The van der Waals surface area contributed by atoms with Gasteiger partial charge in [0.2, 0.25) is 0 Å². The normalized spacial score (nSPS) is 11.3. The van der Waals surface area contributed by atoms with Gasteiger partial charge in [-0.3, -0.25) is 0 Å². The molecule has 0 unspecified atom stereocenters. The topological polar surface area (TPSA) is 69.4 Å². The van der Waals surface area contributed by atoms with Gasteiger partial charge in [-0.25, -0.2) is 8.42 Å². The fourth-order valence-electron chi connectivity index (χ4n) is 1.11. The van der Waals surface area contributed by atoms with E-state index in [2.05, 4.69) is 0 Å². The molecule has 0 aliphatic heterocycles. The first kappa shape index (κ1) is 10.8. The van der Waals surface area contributed by atoms with Crippen molar-refractivity contribution in [1.29, 1.82) is 0 Å². The minimum atomic E-state index is -3.04. The van der Waals surface area contributed by atoms with Crippen LogP contribution in [0.3, 0.4) is 0 Å². The first-order valence-electron chi connectivity index (χ1n) is 4.02. The van der Waals surface area contributed by atoms with Gasteiger partial charge in [0.15, 0.2) is 9.84 Å². The van der Waals surface area contributed by atoms with E-state index in [1.807, 2.05) is 0 Å². The molecule has 0 saturated carbocycles. The van der Waals surface area contributed by atoms with Crippen LogP contribution in [-0.4, -0.2) is 21.8 Å². The van der Waals surface area contributed by atoms with E-state index in [1.54, 1.807) is 18.2 Å². The van der Waals surface area contributed by atoms with Gasteiger partial charge in [0.25, 0.3) is 0 Å². The Kier molecular flexibility index (Phi) is 3.00. The van der Waals surface area contributed by atoms with Crippen LogP contribution in [0.25, 0.3) is 0 Å². The number of sulfone groups is 1. The van der Waals surface area contributed by atoms with Crippen molar-refractivity contribution in [2.24, 2.45) is 0 Å². The van der Waals surface area contributed by atoms with Crippen molar-refractivity contribution in [3.8, 4) is 5.75 Å². The fraction of sp³-hybridized carbons (Fsp3) is 0.333. The molecule has 14 heavy (non-hydrogen) atoms. The highest BCUT2D eigenvalue weighted by Gasteiger charge is 2.08. The molecule has 2 N–H and O–H groups in total. The molecule has 4 nitrogen and oxygen atoms in total. The second-order valence-electron chi connectivity index (χ2n) is 3.13. The van der Waals surface area contributed by atoms with Crippen LogP contribution >= 0.6 is 0 Å². The number of nitrogen functional groups attached to an aromatic ring is 1. The van der Waals surface area contributed by atoms with Crippen molar-refractivity contribution in [1.82, 2.24) is 0 Å². The lowest BCUT2D eigenvalue weighted by Gasteiger charge is -2.06. The molecule has 0 fully saturated rings. The molecule has 0 aliphatic carbocycles. The standard InChI is InChI=1S/C9H13NO3S/c1-13-8-4-3-7(9(10)5-8)6-14(2,11)12/h3-5H,6,10H2,1-2H3. The van der Waals surface area contributed by atoms with Crippen LogP contribution < -0.4 is 10.5 Å². The van der Waals surface area contributed by atoms with Crippen molar-refractivity contribution < 1.29 is 13.2 Å². The van der Waals surface area contributed by atoms with E-state index in [0.29, 0.717) is 17.0 Å². The summed E-state index contributed by atoms with van der Waals surface area (Å²) in [4.78, 5) is 0.